The second-order valence-corrected chi connectivity index (χ2v) is 3.98. The number of aromatic nitrogens is 2. The zero-order valence-electron chi connectivity index (χ0n) is 9.48. The fourth-order valence-corrected chi connectivity index (χ4v) is 1.46. The van der Waals surface area contributed by atoms with E-state index in [0.29, 0.717) is 22.4 Å². The lowest BCUT2D eigenvalue weighted by Gasteiger charge is -2.01. The Labute approximate surface area is 104 Å². The van der Waals surface area contributed by atoms with Crippen molar-refractivity contribution in [2.24, 2.45) is 0 Å². The van der Waals surface area contributed by atoms with Crippen LogP contribution < -0.4 is 5.73 Å². The first-order valence-corrected chi connectivity index (χ1v) is 5.41. The molecular weight excluding hydrogens is 242 g/mol. The summed E-state index contributed by atoms with van der Waals surface area (Å²) in [5.74, 6) is 0.890. The Bertz CT molecular complexity index is 527. The van der Waals surface area contributed by atoms with Crippen LogP contribution in [0.2, 0.25) is 5.02 Å². The predicted molar refractivity (Wildman–Crippen MR) is 64.6 cm³/mol. The van der Waals surface area contributed by atoms with E-state index in [4.69, 9.17) is 26.6 Å². The van der Waals surface area contributed by atoms with Gasteiger partial charge >= 0.3 is 0 Å². The Balaban J connectivity index is 2.33. The van der Waals surface area contributed by atoms with Crippen LogP contribution in [0.3, 0.4) is 0 Å². The number of nitrogens with zero attached hydrogens (tertiary/aromatic N) is 2. The van der Waals surface area contributed by atoms with Gasteiger partial charge in [-0.1, -0.05) is 16.8 Å². The molecule has 2 N–H and O–H groups in total. The van der Waals surface area contributed by atoms with E-state index in [1.807, 2.05) is 6.92 Å². The number of rotatable bonds is 3. The van der Waals surface area contributed by atoms with Gasteiger partial charge in [0.15, 0.2) is 0 Å². The summed E-state index contributed by atoms with van der Waals surface area (Å²) in [4.78, 5) is 4.22. The molecule has 1 unspecified atom stereocenters. The van der Waals surface area contributed by atoms with Gasteiger partial charge < -0.3 is 15.0 Å². The molecule has 0 bridgehead atoms. The molecule has 5 nitrogen and oxygen atoms in total. The predicted octanol–water partition coefficient (Wildman–Crippen LogP) is 2.68. The van der Waals surface area contributed by atoms with Crippen molar-refractivity contribution in [1.29, 1.82) is 0 Å². The molecule has 1 atom stereocenters. The van der Waals surface area contributed by atoms with Crippen molar-refractivity contribution in [2.75, 3.05) is 12.8 Å². The maximum Gasteiger partial charge on any atom is 0.258 e. The molecule has 90 valence electrons. The lowest BCUT2D eigenvalue weighted by atomic mass is 10.2. The fourth-order valence-electron chi connectivity index (χ4n) is 1.28. The molecule has 1 heterocycles. The molecule has 0 aliphatic rings. The summed E-state index contributed by atoms with van der Waals surface area (Å²) in [6.45, 7) is 1.84. The van der Waals surface area contributed by atoms with Gasteiger partial charge in [0.05, 0.1) is 10.7 Å². The van der Waals surface area contributed by atoms with Gasteiger partial charge in [0.2, 0.25) is 5.82 Å². The smallest absolute Gasteiger partial charge is 0.258 e. The van der Waals surface area contributed by atoms with Crippen molar-refractivity contribution in [2.45, 2.75) is 13.0 Å². The highest BCUT2D eigenvalue weighted by atomic mass is 35.5. The van der Waals surface area contributed by atoms with E-state index >= 15 is 0 Å². The molecule has 1 aromatic heterocycles. The topological polar surface area (TPSA) is 74.2 Å². The van der Waals surface area contributed by atoms with Gasteiger partial charge in [-0.2, -0.15) is 4.98 Å². The lowest BCUT2D eigenvalue weighted by Crippen LogP contribution is -1.97. The number of halogens is 1. The highest BCUT2D eigenvalue weighted by Crippen LogP contribution is 2.26. The summed E-state index contributed by atoms with van der Waals surface area (Å²) in [5, 5.41) is 4.29. The number of nitrogen functional groups attached to an aromatic ring is 1. The Kier molecular flexibility index (Phi) is 3.31. The average Bonchev–Trinajstić information content (AvgIpc) is 2.81. The average molecular weight is 254 g/mol. The summed E-state index contributed by atoms with van der Waals surface area (Å²) in [6, 6.07) is 5.16. The summed E-state index contributed by atoms with van der Waals surface area (Å²) >= 11 is 5.92. The maximum absolute atomic E-state index is 5.92. The van der Waals surface area contributed by atoms with Crippen molar-refractivity contribution in [1.82, 2.24) is 10.1 Å². The number of nitrogens with two attached hydrogens (primary N) is 1. The largest absolute Gasteiger partial charge is 0.398 e. The monoisotopic (exact) mass is 253 g/mol. The minimum Gasteiger partial charge on any atom is -0.398 e. The van der Waals surface area contributed by atoms with E-state index in [-0.39, 0.29) is 6.10 Å². The first-order chi connectivity index (χ1) is 8.11. The van der Waals surface area contributed by atoms with Crippen molar-refractivity contribution in [3.63, 3.8) is 0 Å². The van der Waals surface area contributed by atoms with Crippen LogP contribution in [0.1, 0.15) is 18.9 Å². The van der Waals surface area contributed by atoms with Gasteiger partial charge in [0.25, 0.3) is 5.89 Å². The van der Waals surface area contributed by atoms with Crippen LogP contribution in [0.15, 0.2) is 22.7 Å². The number of hydrogen-bond donors (Lipinski definition) is 1. The molecule has 2 aromatic rings. The molecule has 0 amide bonds. The second-order valence-electron chi connectivity index (χ2n) is 3.57. The van der Waals surface area contributed by atoms with Crippen LogP contribution in [0.4, 0.5) is 5.69 Å². The number of anilines is 1. The SMILES string of the molecule is COC(C)c1noc(-c2ccc(N)c(Cl)c2)n1. The van der Waals surface area contributed by atoms with Gasteiger partial charge in [0.1, 0.15) is 6.10 Å². The normalized spacial score (nSPS) is 12.6. The van der Waals surface area contributed by atoms with E-state index in [1.165, 1.54) is 0 Å². The van der Waals surface area contributed by atoms with Gasteiger partial charge in [-0.15, -0.1) is 0 Å². The van der Waals surface area contributed by atoms with E-state index in [1.54, 1.807) is 25.3 Å². The molecule has 0 saturated carbocycles. The lowest BCUT2D eigenvalue weighted by molar-refractivity contribution is 0.109. The minimum atomic E-state index is -0.211. The van der Waals surface area contributed by atoms with Crippen LogP contribution in [0, 0.1) is 0 Å². The van der Waals surface area contributed by atoms with Crippen LogP contribution in [0.5, 0.6) is 0 Å². The second kappa shape index (κ2) is 4.73. The third-order valence-corrected chi connectivity index (χ3v) is 2.73. The van der Waals surface area contributed by atoms with Gasteiger partial charge in [-0.05, 0) is 25.1 Å². The Morgan fingerprint density at radius 1 is 1.47 bits per heavy atom. The van der Waals surface area contributed by atoms with Gasteiger partial charge in [0, 0.05) is 12.7 Å². The van der Waals surface area contributed by atoms with Gasteiger partial charge in [-0.25, -0.2) is 0 Å². The molecule has 0 aliphatic carbocycles. The summed E-state index contributed by atoms with van der Waals surface area (Å²) in [5.41, 5.74) is 6.87. The van der Waals surface area contributed by atoms with Crippen molar-refractivity contribution in [3.8, 4) is 11.5 Å². The molecular formula is C11H12ClN3O2. The Hall–Kier alpha value is -1.59. The zero-order valence-corrected chi connectivity index (χ0v) is 10.2. The van der Waals surface area contributed by atoms with Crippen molar-refractivity contribution < 1.29 is 9.26 Å². The van der Waals surface area contributed by atoms with Gasteiger partial charge in [-0.3, -0.25) is 0 Å². The molecule has 0 aliphatic heterocycles. The molecule has 0 spiro atoms. The highest BCUT2D eigenvalue weighted by molar-refractivity contribution is 6.33. The highest BCUT2D eigenvalue weighted by Gasteiger charge is 2.14. The van der Waals surface area contributed by atoms with Crippen molar-refractivity contribution >= 4 is 17.3 Å². The first-order valence-electron chi connectivity index (χ1n) is 5.03. The third kappa shape index (κ3) is 2.40. The Morgan fingerprint density at radius 3 is 2.88 bits per heavy atom. The quantitative estimate of drug-likeness (QED) is 0.852. The van der Waals surface area contributed by atoms with Crippen molar-refractivity contribution in [3.05, 3.63) is 29.0 Å². The van der Waals surface area contributed by atoms with Crippen LogP contribution in [-0.2, 0) is 4.74 Å². The van der Waals surface area contributed by atoms with Crippen LogP contribution >= 0.6 is 11.6 Å². The first kappa shape index (κ1) is 11.9. The number of methoxy groups -OCH3 is 1. The zero-order chi connectivity index (χ0) is 12.4. The third-order valence-electron chi connectivity index (χ3n) is 2.41. The number of hydrogen-bond acceptors (Lipinski definition) is 5. The van der Waals surface area contributed by atoms with Crippen LogP contribution in [0.25, 0.3) is 11.5 Å². The number of benzene rings is 1. The molecule has 0 fully saturated rings. The molecule has 1 aromatic carbocycles. The molecule has 17 heavy (non-hydrogen) atoms. The summed E-state index contributed by atoms with van der Waals surface area (Å²) < 4.78 is 10.2. The van der Waals surface area contributed by atoms with E-state index in [9.17, 15) is 0 Å². The number of ether oxygens (including phenoxy) is 1. The molecule has 2 rings (SSSR count). The Morgan fingerprint density at radius 2 is 2.24 bits per heavy atom. The fraction of sp³-hybridized carbons (Fsp3) is 0.273. The molecule has 0 radical (unpaired) electrons. The minimum absolute atomic E-state index is 0.211. The van der Waals surface area contributed by atoms with E-state index in [0.717, 1.165) is 5.56 Å². The molecule has 6 heteroatoms. The van der Waals surface area contributed by atoms with E-state index < -0.39 is 0 Å². The van der Waals surface area contributed by atoms with E-state index in [2.05, 4.69) is 10.1 Å². The molecule has 0 saturated heterocycles. The summed E-state index contributed by atoms with van der Waals surface area (Å²) in [6.07, 6.45) is -0.211. The summed E-state index contributed by atoms with van der Waals surface area (Å²) in [7, 11) is 1.58. The van der Waals surface area contributed by atoms with Crippen LogP contribution in [-0.4, -0.2) is 17.3 Å². The maximum atomic E-state index is 5.92. The standard InChI is InChI=1S/C11H12ClN3O2/c1-6(16-2)10-14-11(17-15-10)7-3-4-9(13)8(12)5-7/h3-6H,13H2,1-2H3.